The van der Waals surface area contributed by atoms with Crippen molar-refractivity contribution < 1.29 is 39.5 Å². The van der Waals surface area contributed by atoms with Gasteiger partial charge in [-0.2, -0.15) is 26.3 Å². The molecule has 0 heterocycles. The Labute approximate surface area is 223 Å². The minimum atomic E-state index is -4.80. The highest BCUT2D eigenvalue weighted by atomic mass is 19.4. The number of rotatable bonds is 7. The van der Waals surface area contributed by atoms with Crippen LogP contribution in [0.15, 0.2) is 97.6 Å². The highest BCUT2D eigenvalue weighted by Crippen LogP contribution is 2.41. The fraction of sp³-hybridized carbons (Fsp3) is 0.133. The largest absolute Gasteiger partial charge is 0.416 e. The van der Waals surface area contributed by atoms with Crippen LogP contribution in [-0.2, 0) is 24.3 Å². The van der Waals surface area contributed by atoms with Crippen molar-refractivity contribution in [3.63, 3.8) is 0 Å². The molecule has 10 heteroatoms. The molecule has 0 aliphatic rings. The third-order valence-electron chi connectivity index (χ3n) is 6.38. The SMILES string of the molecule is C=C(NC(Cc1ccccc1)(c1cccc(C(F)(F)F)c1)c1cccc(C(F)(F)F)c1)c1cc(F)c(F)cc1F. The van der Waals surface area contributed by atoms with Gasteiger partial charge in [-0.25, -0.2) is 13.2 Å². The van der Waals surface area contributed by atoms with E-state index in [0.717, 1.165) is 36.4 Å². The van der Waals surface area contributed by atoms with Crippen LogP contribution in [0.3, 0.4) is 0 Å². The number of benzene rings is 4. The van der Waals surface area contributed by atoms with E-state index >= 15 is 0 Å². The van der Waals surface area contributed by atoms with Gasteiger partial charge in [-0.1, -0.05) is 61.2 Å². The first-order valence-electron chi connectivity index (χ1n) is 11.7. The molecule has 4 aromatic carbocycles. The molecule has 0 spiro atoms. The molecule has 0 aliphatic heterocycles. The highest BCUT2D eigenvalue weighted by molar-refractivity contribution is 5.65. The molecule has 4 aromatic rings. The Morgan fingerprint density at radius 1 is 0.575 bits per heavy atom. The molecule has 40 heavy (non-hydrogen) atoms. The maximum atomic E-state index is 14.7. The van der Waals surface area contributed by atoms with Gasteiger partial charge in [0.15, 0.2) is 11.6 Å². The molecule has 4 rings (SSSR count). The lowest BCUT2D eigenvalue weighted by atomic mass is 9.76. The molecule has 0 bridgehead atoms. The van der Waals surface area contributed by atoms with Gasteiger partial charge in [0.2, 0.25) is 0 Å². The standard InChI is InChI=1S/C30H20F9N/c1-18(24-15-26(32)27(33)16-25(24)31)40-28(17-19-7-3-2-4-8-19,20-9-5-11-22(13-20)29(34,35)36)21-10-6-12-23(14-21)30(37,38)39/h2-16,40H,1,17H2. The first-order valence-corrected chi connectivity index (χ1v) is 11.7. The lowest BCUT2D eigenvalue weighted by molar-refractivity contribution is -0.138. The van der Waals surface area contributed by atoms with Crippen LogP contribution in [0.2, 0.25) is 0 Å². The number of hydrogen-bond acceptors (Lipinski definition) is 1. The van der Waals surface area contributed by atoms with Crippen molar-refractivity contribution in [1.82, 2.24) is 5.32 Å². The van der Waals surface area contributed by atoms with Crippen LogP contribution in [0.5, 0.6) is 0 Å². The molecule has 0 aliphatic carbocycles. The van der Waals surface area contributed by atoms with Gasteiger partial charge in [0, 0.05) is 23.7 Å². The van der Waals surface area contributed by atoms with Crippen LogP contribution in [0.4, 0.5) is 39.5 Å². The summed E-state index contributed by atoms with van der Waals surface area (Å²) in [6.07, 6.45) is -9.84. The van der Waals surface area contributed by atoms with E-state index in [0.29, 0.717) is 11.6 Å². The molecule has 0 fully saturated rings. The monoisotopic (exact) mass is 565 g/mol. The number of alkyl halides is 6. The van der Waals surface area contributed by atoms with Gasteiger partial charge >= 0.3 is 12.4 Å². The molecule has 0 amide bonds. The minimum Gasteiger partial charge on any atom is -0.371 e. The molecule has 1 nitrogen and oxygen atoms in total. The van der Waals surface area contributed by atoms with Crippen molar-refractivity contribution in [3.05, 3.63) is 148 Å². The van der Waals surface area contributed by atoms with Gasteiger partial charge in [-0.3, -0.25) is 0 Å². The van der Waals surface area contributed by atoms with Gasteiger partial charge in [-0.05, 0) is 47.0 Å². The summed E-state index contributed by atoms with van der Waals surface area (Å²) in [5, 5.41) is 2.81. The Bertz CT molecular complexity index is 1470. The van der Waals surface area contributed by atoms with E-state index in [1.807, 2.05) is 0 Å². The summed E-state index contributed by atoms with van der Waals surface area (Å²) in [6, 6.07) is 16.8. The van der Waals surface area contributed by atoms with E-state index in [9.17, 15) is 39.5 Å². The molecule has 0 unspecified atom stereocenters. The maximum absolute atomic E-state index is 14.7. The quantitative estimate of drug-likeness (QED) is 0.174. The summed E-state index contributed by atoms with van der Waals surface area (Å²) in [4.78, 5) is 0. The average molecular weight is 565 g/mol. The zero-order valence-electron chi connectivity index (χ0n) is 20.5. The first kappa shape index (κ1) is 28.8. The van der Waals surface area contributed by atoms with Crippen molar-refractivity contribution in [2.45, 2.75) is 24.3 Å². The van der Waals surface area contributed by atoms with Crippen molar-refractivity contribution >= 4 is 5.70 Å². The second-order valence-electron chi connectivity index (χ2n) is 9.07. The van der Waals surface area contributed by atoms with Crippen LogP contribution in [0.1, 0.15) is 33.4 Å². The first-order chi connectivity index (χ1) is 18.7. The molecular formula is C30H20F9N. The summed E-state index contributed by atoms with van der Waals surface area (Å²) >= 11 is 0. The van der Waals surface area contributed by atoms with E-state index in [1.54, 1.807) is 30.3 Å². The third-order valence-corrected chi connectivity index (χ3v) is 6.38. The van der Waals surface area contributed by atoms with E-state index in [-0.39, 0.29) is 23.6 Å². The van der Waals surface area contributed by atoms with Crippen molar-refractivity contribution in [2.75, 3.05) is 0 Å². The van der Waals surface area contributed by atoms with E-state index in [2.05, 4.69) is 11.9 Å². The zero-order chi connectivity index (χ0) is 29.3. The summed E-state index contributed by atoms with van der Waals surface area (Å²) in [7, 11) is 0. The molecule has 0 saturated carbocycles. The summed E-state index contributed by atoms with van der Waals surface area (Å²) < 4.78 is 125. The zero-order valence-corrected chi connectivity index (χ0v) is 20.5. The third kappa shape index (κ3) is 6.00. The molecule has 0 saturated heterocycles. The van der Waals surface area contributed by atoms with Crippen LogP contribution < -0.4 is 5.32 Å². The van der Waals surface area contributed by atoms with Crippen molar-refractivity contribution in [1.29, 1.82) is 0 Å². The fourth-order valence-electron chi connectivity index (χ4n) is 4.46. The van der Waals surface area contributed by atoms with Crippen LogP contribution in [-0.4, -0.2) is 0 Å². The van der Waals surface area contributed by atoms with Gasteiger partial charge in [-0.15, -0.1) is 0 Å². The van der Waals surface area contributed by atoms with Gasteiger partial charge < -0.3 is 5.32 Å². The maximum Gasteiger partial charge on any atom is 0.416 e. The summed E-state index contributed by atoms with van der Waals surface area (Å²) in [5.41, 5.74) is -4.81. The molecule has 0 aromatic heterocycles. The van der Waals surface area contributed by atoms with Crippen molar-refractivity contribution in [2.24, 2.45) is 0 Å². The molecule has 0 radical (unpaired) electrons. The van der Waals surface area contributed by atoms with Crippen LogP contribution >= 0.6 is 0 Å². The molecule has 208 valence electrons. The predicted molar refractivity (Wildman–Crippen MR) is 132 cm³/mol. The van der Waals surface area contributed by atoms with E-state index in [1.165, 1.54) is 12.1 Å². The summed E-state index contributed by atoms with van der Waals surface area (Å²) in [5.74, 6) is -4.15. The predicted octanol–water partition coefficient (Wildman–Crippen LogP) is 8.89. The second-order valence-corrected chi connectivity index (χ2v) is 9.07. The number of halogens is 9. The van der Waals surface area contributed by atoms with Gasteiger partial charge in [0.1, 0.15) is 5.82 Å². The Hall–Kier alpha value is -4.21. The fourth-order valence-corrected chi connectivity index (χ4v) is 4.46. The molecular weight excluding hydrogens is 545 g/mol. The number of hydrogen-bond donors (Lipinski definition) is 1. The van der Waals surface area contributed by atoms with Gasteiger partial charge in [0.05, 0.1) is 16.7 Å². The van der Waals surface area contributed by atoms with Crippen molar-refractivity contribution in [3.8, 4) is 0 Å². The average Bonchev–Trinajstić information content (AvgIpc) is 2.90. The van der Waals surface area contributed by atoms with E-state index < -0.39 is 57.7 Å². The Morgan fingerprint density at radius 2 is 1.05 bits per heavy atom. The van der Waals surface area contributed by atoms with Crippen LogP contribution in [0, 0.1) is 17.5 Å². The molecule has 0 atom stereocenters. The second kappa shape index (κ2) is 10.7. The lowest BCUT2D eigenvalue weighted by Crippen LogP contribution is -2.45. The number of nitrogens with one attached hydrogen (secondary N) is 1. The Morgan fingerprint density at radius 3 is 1.55 bits per heavy atom. The highest BCUT2D eigenvalue weighted by Gasteiger charge is 2.40. The Kier molecular flexibility index (Phi) is 7.74. The van der Waals surface area contributed by atoms with Gasteiger partial charge in [0.25, 0.3) is 0 Å². The minimum absolute atomic E-state index is 0.130. The summed E-state index contributed by atoms with van der Waals surface area (Å²) in [6.45, 7) is 3.69. The lowest BCUT2D eigenvalue weighted by Gasteiger charge is -2.39. The van der Waals surface area contributed by atoms with E-state index in [4.69, 9.17) is 0 Å². The normalized spacial score (nSPS) is 12.3. The smallest absolute Gasteiger partial charge is 0.371 e. The topological polar surface area (TPSA) is 12.0 Å². The Balaban J connectivity index is 2.02. The van der Waals surface area contributed by atoms with Crippen LogP contribution in [0.25, 0.3) is 5.70 Å². The molecule has 1 N–H and O–H groups in total.